The van der Waals surface area contributed by atoms with Gasteiger partial charge < -0.3 is 5.11 Å². The SMILES string of the molecule is CC(=CC(=O)O)CN(C)Cc1ccccc1F. The maximum atomic E-state index is 13.4. The molecule has 0 aliphatic carbocycles. The van der Waals surface area contributed by atoms with E-state index >= 15 is 0 Å². The Kier molecular flexibility index (Phi) is 4.84. The van der Waals surface area contributed by atoms with Crippen molar-refractivity contribution < 1.29 is 14.3 Å². The highest BCUT2D eigenvalue weighted by molar-refractivity contribution is 5.80. The number of likely N-dealkylation sites (N-methyl/N-ethyl adjacent to an activating group) is 1. The number of carboxylic acids is 1. The molecule has 0 aliphatic heterocycles. The molecule has 92 valence electrons. The van der Waals surface area contributed by atoms with Crippen molar-refractivity contribution >= 4 is 5.97 Å². The molecule has 0 spiro atoms. The summed E-state index contributed by atoms with van der Waals surface area (Å²) in [6.07, 6.45) is 1.16. The van der Waals surface area contributed by atoms with Gasteiger partial charge in [0.2, 0.25) is 0 Å². The molecule has 0 saturated carbocycles. The van der Waals surface area contributed by atoms with Gasteiger partial charge in [-0.15, -0.1) is 0 Å². The van der Waals surface area contributed by atoms with Crippen LogP contribution in [0.2, 0.25) is 0 Å². The van der Waals surface area contributed by atoms with Gasteiger partial charge in [-0.3, -0.25) is 4.90 Å². The summed E-state index contributed by atoms with van der Waals surface area (Å²) in [6, 6.07) is 6.58. The molecule has 0 radical (unpaired) electrons. The highest BCUT2D eigenvalue weighted by Crippen LogP contribution is 2.09. The van der Waals surface area contributed by atoms with E-state index in [0.29, 0.717) is 18.7 Å². The molecule has 0 heterocycles. The number of halogens is 1. The summed E-state index contributed by atoms with van der Waals surface area (Å²) in [4.78, 5) is 12.3. The molecule has 1 aromatic carbocycles. The largest absolute Gasteiger partial charge is 0.478 e. The molecule has 1 rings (SSSR count). The third kappa shape index (κ3) is 4.78. The number of carbonyl (C=O) groups is 1. The first kappa shape index (κ1) is 13.4. The van der Waals surface area contributed by atoms with Gasteiger partial charge in [-0.05, 0) is 20.0 Å². The van der Waals surface area contributed by atoms with Crippen LogP contribution in [0.25, 0.3) is 0 Å². The smallest absolute Gasteiger partial charge is 0.328 e. The average molecular weight is 237 g/mol. The second-order valence-electron chi connectivity index (χ2n) is 4.09. The van der Waals surface area contributed by atoms with Crippen molar-refractivity contribution in [2.45, 2.75) is 13.5 Å². The zero-order chi connectivity index (χ0) is 12.8. The van der Waals surface area contributed by atoms with Gasteiger partial charge in [0.1, 0.15) is 5.82 Å². The Hall–Kier alpha value is -1.68. The van der Waals surface area contributed by atoms with E-state index in [2.05, 4.69) is 0 Å². The second kappa shape index (κ2) is 6.15. The summed E-state index contributed by atoms with van der Waals surface area (Å²) < 4.78 is 13.4. The monoisotopic (exact) mass is 237 g/mol. The lowest BCUT2D eigenvalue weighted by atomic mass is 10.2. The molecule has 0 aromatic heterocycles. The molecule has 4 heteroatoms. The number of benzene rings is 1. The molecule has 1 aromatic rings. The van der Waals surface area contributed by atoms with Crippen LogP contribution in [-0.4, -0.2) is 29.6 Å². The lowest BCUT2D eigenvalue weighted by Crippen LogP contribution is -2.20. The Morgan fingerprint density at radius 2 is 2.12 bits per heavy atom. The number of nitrogens with zero attached hydrogens (tertiary/aromatic N) is 1. The fourth-order valence-electron chi connectivity index (χ4n) is 1.66. The van der Waals surface area contributed by atoms with Gasteiger partial charge in [0.05, 0.1) is 0 Å². The van der Waals surface area contributed by atoms with Crippen molar-refractivity contribution in [1.82, 2.24) is 4.90 Å². The number of carboxylic acid groups (broad SMARTS) is 1. The molecule has 0 fully saturated rings. The highest BCUT2D eigenvalue weighted by atomic mass is 19.1. The van der Waals surface area contributed by atoms with E-state index in [9.17, 15) is 9.18 Å². The predicted molar refractivity (Wildman–Crippen MR) is 64.1 cm³/mol. The van der Waals surface area contributed by atoms with Gasteiger partial charge in [-0.25, -0.2) is 9.18 Å². The Balaban J connectivity index is 2.59. The molecule has 1 N–H and O–H groups in total. The molecular weight excluding hydrogens is 221 g/mol. The van der Waals surface area contributed by atoms with Crippen molar-refractivity contribution in [3.63, 3.8) is 0 Å². The molecule has 0 bridgehead atoms. The molecule has 0 unspecified atom stereocenters. The van der Waals surface area contributed by atoms with Crippen molar-refractivity contribution in [3.05, 3.63) is 47.3 Å². The number of aliphatic carboxylic acids is 1. The van der Waals surface area contributed by atoms with Crippen molar-refractivity contribution in [3.8, 4) is 0 Å². The lowest BCUT2D eigenvalue weighted by molar-refractivity contribution is -0.131. The number of hydrogen-bond acceptors (Lipinski definition) is 2. The van der Waals surface area contributed by atoms with Crippen LogP contribution in [0.15, 0.2) is 35.9 Å². The molecule has 0 atom stereocenters. The van der Waals surface area contributed by atoms with Crippen LogP contribution in [0.1, 0.15) is 12.5 Å². The van der Waals surface area contributed by atoms with E-state index in [1.807, 2.05) is 11.9 Å². The summed E-state index contributed by atoms with van der Waals surface area (Å²) in [5.41, 5.74) is 1.34. The van der Waals surface area contributed by atoms with Crippen LogP contribution in [0.5, 0.6) is 0 Å². The van der Waals surface area contributed by atoms with Gasteiger partial charge in [0.15, 0.2) is 0 Å². The van der Waals surface area contributed by atoms with E-state index in [1.54, 1.807) is 25.1 Å². The summed E-state index contributed by atoms with van der Waals surface area (Å²) >= 11 is 0. The number of hydrogen-bond donors (Lipinski definition) is 1. The Bertz CT molecular complexity index is 429. The minimum absolute atomic E-state index is 0.237. The maximum Gasteiger partial charge on any atom is 0.328 e. The minimum atomic E-state index is -0.957. The van der Waals surface area contributed by atoms with Crippen LogP contribution in [0, 0.1) is 5.82 Å². The maximum absolute atomic E-state index is 13.4. The summed E-state index contributed by atoms with van der Waals surface area (Å²) in [6.45, 7) is 2.70. The Morgan fingerprint density at radius 1 is 1.47 bits per heavy atom. The van der Waals surface area contributed by atoms with Gasteiger partial charge in [-0.1, -0.05) is 23.8 Å². The summed E-state index contributed by atoms with van der Waals surface area (Å²) in [5.74, 6) is -1.19. The first-order valence-electron chi connectivity index (χ1n) is 5.31. The van der Waals surface area contributed by atoms with Gasteiger partial charge in [0, 0.05) is 24.7 Å². The topological polar surface area (TPSA) is 40.5 Å². The van der Waals surface area contributed by atoms with Crippen LogP contribution in [0.4, 0.5) is 4.39 Å². The van der Waals surface area contributed by atoms with Crippen molar-refractivity contribution in [2.24, 2.45) is 0 Å². The Morgan fingerprint density at radius 3 is 2.71 bits per heavy atom. The highest BCUT2D eigenvalue weighted by Gasteiger charge is 2.05. The molecule has 3 nitrogen and oxygen atoms in total. The second-order valence-corrected chi connectivity index (χ2v) is 4.09. The third-order valence-electron chi connectivity index (χ3n) is 2.29. The van der Waals surface area contributed by atoms with E-state index in [0.717, 1.165) is 11.6 Å². The average Bonchev–Trinajstić information content (AvgIpc) is 2.19. The van der Waals surface area contributed by atoms with E-state index in [-0.39, 0.29) is 5.82 Å². The normalized spacial score (nSPS) is 11.9. The summed E-state index contributed by atoms with van der Waals surface area (Å²) in [5, 5.41) is 8.58. The van der Waals surface area contributed by atoms with E-state index in [4.69, 9.17) is 5.11 Å². The molecule has 0 aliphatic rings. The van der Waals surface area contributed by atoms with Crippen LogP contribution in [0.3, 0.4) is 0 Å². The van der Waals surface area contributed by atoms with Crippen molar-refractivity contribution in [2.75, 3.05) is 13.6 Å². The fourth-order valence-corrected chi connectivity index (χ4v) is 1.66. The van der Waals surface area contributed by atoms with Crippen LogP contribution < -0.4 is 0 Å². The zero-order valence-corrected chi connectivity index (χ0v) is 9.98. The van der Waals surface area contributed by atoms with Crippen molar-refractivity contribution in [1.29, 1.82) is 0 Å². The first-order chi connectivity index (χ1) is 7.99. The first-order valence-corrected chi connectivity index (χ1v) is 5.31. The predicted octanol–water partition coefficient (Wildman–Crippen LogP) is 2.29. The fraction of sp³-hybridized carbons (Fsp3) is 0.308. The standard InChI is InChI=1S/C13H16FNO2/c1-10(7-13(16)17)8-15(2)9-11-5-3-4-6-12(11)14/h3-7H,8-9H2,1-2H3,(H,16,17). The lowest BCUT2D eigenvalue weighted by Gasteiger charge is -2.17. The number of rotatable bonds is 5. The molecule has 17 heavy (non-hydrogen) atoms. The van der Waals surface area contributed by atoms with Gasteiger partial charge >= 0.3 is 5.97 Å². The summed E-state index contributed by atoms with van der Waals surface area (Å²) in [7, 11) is 1.83. The van der Waals surface area contributed by atoms with Gasteiger partial charge in [-0.2, -0.15) is 0 Å². The quantitative estimate of drug-likeness (QED) is 0.799. The molecule has 0 amide bonds. The molecular formula is C13H16FNO2. The zero-order valence-electron chi connectivity index (χ0n) is 9.98. The van der Waals surface area contributed by atoms with E-state index < -0.39 is 5.97 Å². The van der Waals surface area contributed by atoms with Crippen LogP contribution in [-0.2, 0) is 11.3 Å². The van der Waals surface area contributed by atoms with Crippen LogP contribution >= 0.6 is 0 Å². The molecule has 0 saturated heterocycles. The van der Waals surface area contributed by atoms with Gasteiger partial charge in [0.25, 0.3) is 0 Å². The Labute approximate surface area is 100 Å². The third-order valence-corrected chi connectivity index (χ3v) is 2.29. The minimum Gasteiger partial charge on any atom is -0.478 e. The van der Waals surface area contributed by atoms with E-state index in [1.165, 1.54) is 6.07 Å².